The third-order valence-electron chi connectivity index (χ3n) is 4.36. The number of nitrogens with zero attached hydrogens (tertiary/aromatic N) is 4. The van der Waals surface area contributed by atoms with Crippen LogP contribution in [0.1, 0.15) is 32.7 Å². The van der Waals surface area contributed by atoms with Crippen LogP contribution in [0.4, 0.5) is 0 Å². The minimum Gasteiger partial charge on any atom is -0.337 e. The van der Waals surface area contributed by atoms with E-state index in [4.69, 9.17) is 0 Å². The maximum absolute atomic E-state index is 12.7. The number of fused-ring (bicyclic) bond motifs is 1. The van der Waals surface area contributed by atoms with Crippen molar-refractivity contribution >= 4 is 16.9 Å². The van der Waals surface area contributed by atoms with E-state index in [0.717, 1.165) is 22.3 Å². The van der Waals surface area contributed by atoms with Crippen molar-refractivity contribution < 1.29 is 4.79 Å². The largest absolute Gasteiger partial charge is 0.337 e. The predicted molar refractivity (Wildman–Crippen MR) is 95.0 cm³/mol. The average Bonchev–Trinajstić information content (AvgIpc) is 2.83. The summed E-state index contributed by atoms with van der Waals surface area (Å²) in [5.74, 6) is -0.0346. The molecule has 3 aromatic rings. The Labute approximate surface area is 141 Å². The van der Waals surface area contributed by atoms with E-state index >= 15 is 0 Å². The summed E-state index contributed by atoms with van der Waals surface area (Å²) in [6, 6.07) is 8.18. The molecule has 5 heteroatoms. The highest BCUT2D eigenvalue weighted by molar-refractivity contribution is 5.97. The molecular weight excluding hydrogens is 300 g/mol. The molecule has 0 aliphatic carbocycles. The van der Waals surface area contributed by atoms with Crippen molar-refractivity contribution in [3.8, 4) is 0 Å². The molecule has 0 atom stereocenters. The minimum atomic E-state index is -0.0346. The molecule has 3 rings (SSSR count). The van der Waals surface area contributed by atoms with E-state index in [0.29, 0.717) is 12.1 Å². The van der Waals surface area contributed by atoms with Crippen molar-refractivity contribution in [3.63, 3.8) is 0 Å². The van der Waals surface area contributed by atoms with E-state index in [1.807, 2.05) is 27.1 Å². The molecule has 0 N–H and O–H groups in total. The van der Waals surface area contributed by atoms with E-state index in [1.54, 1.807) is 15.8 Å². The number of aromatic nitrogens is 3. The smallest absolute Gasteiger partial charge is 0.255 e. The van der Waals surface area contributed by atoms with Gasteiger partial charge < -0.3 is 4.90 Å². The first kappa shape index (κ1) is 16.2. The maximum atomic E-state index is 12.7. The number of amides is 1. The summed E-state index contributed by atoms with van der Waals surface area (Å²) in [5, 5.41) is 5.27. The highest BCUT2D eigenvalue weighted by Crippen LogP contribution is 2.18. The van der Waals surface area contributed by atoms with Gasteiger partial charge in [0.2, 0.25) is 0 Å². The fraction of sp³-hybridized carbons (Fsp3) is 0.316. The van der Waals surface area contributed by atoms with Gasteiger partial charge in [0, 0.05) is 32.2 Å². The van der Waals surface area contributed by atoms with Crippen LogP contribution < -0.4 is 0 Å². The van der Waals surface area contributed by atoms with Crippen molar-refractivity contribution in [2.75, 3.05) is 7.05 Å². The van der Waals surface area contributed by atoms with Crippen LogP contribution in [0.25, 0.3) is 11.0 Å². The molecule has 0 aliphatic heterocycles. The SMILES string of the molecule is Cc1ccc(CN(C)C(=O)c2cnc3c(c2)c(C)nn3C)c(C)c1. The van der Waals surface area contributed by atoms with Crippen LogP contribution in [0.3, 0.4) is 0 Å². The third-order valence-corrected chi connectivity index (χ3v) is 4.36. The standard InChI is InChI=1S/C19H22N4O/c1-12-6-7-15(13(2)8-12)11-22(4)19(24)16-9-17-14(3)21-23(5)18(17)20-10-16/h6-10H,11H2,1-5H3. The zero-order valence-corrected chi connectivity index (χ0v) is 14.8. The average molecular weight is 322 g/mol. The Hall–Kier alpha value is -2.69. The monoisotopic (exact) mass is 322 g/mol. The van der Waals surface area contributed by atoms with Gasteiger partial charge in [-0.3, -0.25) is 9.48 Å². The fourth-order valence-electron chi connectivity index (χ4n) is 3.00. The van der Waals surface area contributed by atoms with Gasteiger partial charge in [-0.25, -0.2) is 4.98 Å². The van der Waals surface area contributed by atoms with Gasteiger partial charge in [-0.05, 0) is 38.0 Å². The number of carbonyl (C=O) groups excluding carboxylic acids is 1. The molecule has 124 valence electrons. The number of pyridine rings is 1. The second kappa shape index (κ2) is 6.07. The molecule has 0 unspecified atom stereocenters. The molecule has 0 aliphatic rings. The summed E-state index contributed by atoms with van der Waals surface area (Å²) in [5.41, 5.74) is 5.85. The summed E-state index contributed by atoms with van der Waals surface area (Å²) in [6.45, 7) is 6.66. The molecule has 0 fully saturated rings. The number of aryl methyl sites for hydroxylation is 4. The van der Waals surface area contributed by atoms with Crippen LogP contribution in [0.5, 0.6) is 0 Å². The highest BCUT2D eigenvalue weighted by Gasteiger charge is 2.16. The molecule has 24 heavy (non-hydrogen) atoms. The molecule has 5 nitrogen and oxygen atoms in total. The molecule has 0 saturated heterocycles. The van der Waals surface area contributed by atoms with Crippen LogP contribution in [0, 0.1) is 20.8 Å². The Morgan fingerprint density at radius 2 is 1.96 bits per heavy atom. The molecule has 0 bridgehead atoms. The van der Waals surface area contributed by atoms with Crippen LogP contribution in [0.2, 0.25) is 0 Å². The fourth-order valence-corrected chi connectivity index (χ4v) is 3.00. The first-order chi connectivity index (χ1) is 11.4. The molecule has 0 radical (unpaired) electrons. The lowest BCUT2D eigenvalue weighted by atomic mass is 10.1. The molecule has 1 aromatic carbocycles. The zero-order valence-electron chi connectivity index (χ0n) is 14.8. The van der Waals surface area contributed by atoms with Gasteiger partial charge in [-0.15, -0.1) is 0 Å². The summed E-state index contributed by atoms with van der Waals surface area (Å²) in [6.07, 6.45) is 1.63. The number of carbonyl (C=O) groups is 1. The topological polar surface area (TPSA) is 51.0 Å². The first-order valence-electron chi connectivity index (χ1n) is 7.98. The van der Waals surface area contributed by atoms with E-state index < -0.39 is 0 Å². The Morgan fingerprint density at radius 3 is 2.67 bits per heavy atom. The number of hydrogen-bond acceptors (Lipinski definition) is 3. The Balaban J connectivity index is 1.86. The van der Waals surface area contributed by atoms with E-state index in [1.165, 1.54) is 11.1 Å². The van der Waals surface area contributed by atoms with Gasteiger partial charge in [0.05, 0.1) is 11.3 Å². The van der Waals surface area contributed by atoms with Crippen molar-refractivity contribution in [1.29, 1.82) is 0 Å². The summed E-state index contributed by atoms with van der Waals surface area (Å²) in [4.78, 5) is 18.9. The van der Waals surface area contributed by atoms with Gasteiger partial charge in [0.25, 0.3) is 5.91 Å². The normalized spacial score (nSPS) is 11.0. The van der Waals surface area contributed by atoms with Crippen LogP contribution in [-0.4, -0.2) is 32.6 Å². The van der Waals surface area contributed by atoms with Gasteiger partial charge in [-0.2, -0.15) is 5.10 Å². The lowest BCUT2D eigenvalue weighted by Gasteiger charge is -2.19. The van der Waals surface area contributed by atoms with Crippen molar-refractivity contribution in [1.82, 2.24) is 19.7 Å². The third kappa shape index (κ3) is 2.89. The number of hydrogen-bond donors (Lipinski definition) is 0. The minimum absolute atomic E-state index is 0.0346. The second-order valence-corrected chi connectivity index (χ2v) is 6.40. The first-order valence-corrected chi connectivity index (χ1v) is 7.98. The molecule has 2 aromatic heterocycles. The number of rotatable bonds is 3. The second-order valence-electron chi connectivity index (χ2n) is 6.40. The van der Waals surface area contributed by atoms with Crippen LogP contribution in [0.15, 0.2) is 30.5 Å². The van der Waals surface area contributed by atoms with Gasteiger partial charge in [0.1, 0.15) is 0 Å². The van der Waals surface area contributed by atoms with Gasteiger partial charge in [0.15, 0.2) is 5.65 Å². The Morgan fingerprint density at radius 1 is 1.21 bits per heavy atom. The van der Waals surface area contributed by atoms with E-state index in [9.17, 15) is 4.79 Å². The van der Waals surface area contributed by atoms with E-state index in [2.05, 4.69) is 42.1 Å². The zero-order chi connectivity index (χ0) is 17.4. The molecule has 2 heterocycles. The van der Waals surface area contributed by atoms with Crippen LogP contribution >= 0.6 is 0 Å². The lowest BCUT2D eigenvalue weighted by Crippen LogP contribution is -2.26. The highest BCUT2D eigenvalue weighted by atomic mass is 16.2. The molecule has 0 saturated carbocycles. The Bertz CT molecular complexity index is 927. The van der Waals surface area contributed by atoms with Gasteiger partial charge in [-0.1, -0.05) is 23.8 Å². The van der Waals surface area contributed by atoms with Crippen LogP contribution in [-0.2, 0) is 13.6 Å². The van der Waals surface area contributed by atoms with Crippen molar-refractivity contribution in [2.24, 2.45) is 7.05 Å². The van der Waals surface area contributed by atoms with Gasteiger partial charge >= 0.3 is 0 Å². The molecule has 1 amide bonds. The number of benzene rings is 1. The quantitative estimate of drug-likeness (QED) is 0.744. The Kier molecular flexibility index (Phi) is 4.09. The molecule has 0 spiro atoms. The summed E-state index contributed by atoms with van der Waals surface area (Å²) < 4.78 is 1.73. The van der Waals surface area contributed by atoms with E-state index in [-0.39, 0.29) is 5.91 Å². The summed E-state index contributed by atoms with van der Waals surface area (Å²) in [7, 11) is 3.68. The predicted octanol–water partition coefficient (Wildman–Crippen LogP) is 3.17. The lowest BCUT2D eigenvalue weighted by molar-refractivity contribution is 0.0784. The van der Waals surface area contributed by atoms with Crippen molar-refractivity contribution in [3.05, 3.63) is 58.4 Å². The summed E-state index contributed by atoms with van der Waals surface area (Å²) >= 11 is 0. The molecular formula is C19H22N4O. The van der Waals surface area contributed by atoms with Crippen molar-refractivity contribution in [2.45, 2.75) is 27.3 Å². The maximum Gasteiger partial charge on any atom is 0.255 e.